The first kappa shape index (κ1) is 12.3. The summed E-state index contributed by atoms with van der Waals surface area (Å²) in [7, 11) is 1.62. The average Bonchev–Trinajstić information content (AvgIpc) is 2.40. The Morgan fingerprint density at radius 2 is 1.94 bits per heavy atom. The smallest absolute Gasteiger partial charge is 0.169 e. The normalized spacial score (nSPS) is 18.9. The second-order valence-electron chi connectivity index (χ2n) is 4.40. The van der Waals surface area contributed by atoms with Crippen molar-refractivity contribution in [2.24, 2.45) is 0 Å². The SMILES string of the molecule is COC1(C(=O)Cc2ccccc2)CCOCC1. The molecule has 1 aromatic rings. The minimum Gasteiger partial charge on any atom is -0.381 e. The van der Waals surface area contributed by atoms with Crippen molar-refractivity contribution in [2.75, 3.05) is 20.3 Å². The molecule has 0 N–H and O–H groups in total. The maximum atomic E-state index is 12.3. The summed E-state index contributed by atoms with van der Waals surface area (Å²) in [5, 5.41) is 0. The average molecular weight is 234 g/mol. The lowest BCUT2D eigenvalue weighted by atomic mass is 9.86. The van der Waals surface area contributed by atoms with Gasteiger partial charge in [-0.1, -0.05) is 30.3 Å². The summed E-state index contributed by atoms with van der Waals surface area (Å²) in [5.41, 5.74) is 0.411. The van der Waals surface area contributed by atoms with Crippen LogP contribution in [-0.4, -0.2) is 31.7 Å². The molecule has 0 radical (unpaired) electrons. The third-order valence-electron chi connectivity index (χ3n) is 3.41. The number of carbonyl (C=O) groups excluding carboxylic acids is 1. The molecule has 0 aliphatic carbocycles. The molecule has 3 nitrogen and oxygen atoms in total. The number of methoxy groups -OCH3 is 1. The molecule has 0 unspecified atom stereocenters. The van der Waals surface area contributed by atoms with Gasteiger partial charge in [0.1, 0.15) is 5.60 Å². The fourth-order valence-corrected chi connectivity index (χ4v) is 2.24. The van der Waals surface area contributed by atoms with Gasteiger partial charge in [0.2, 0.25) is 0 Å². The quantitative estimate of drug-likeness (QED) is 0.799. The fourth-order valence-electron chi connectivity index (χ4n) is 2.24. The Balaban J connectivity index is 2.07. The first-order valence-corrected chi connectivity index (χ1v) is 5.97. The maximum Gasteiger partial charge on any atom is 0.169 e. The van der Waals surface area contributed by atoms with Crippen LogP contribution in [0, 0.1) is 0 Å². The van der Waals surface area contributed by atoms with E-state index in [9.17, 15) is 4.79 Å². The molecule has 1 heterocycles. The molecule has 0 atom stereocenters. The van der Waals surface area contributed by atoms with Crippen molar-refractivity contribution in [3.05, 3.63) is 35.9 Å². The Hall–Kier alpha value is -1.19. The van der Waals surface area contributed by atoms with Crippen LogP contribution >= 0.6 is 0 Å². The molecule has 3 heteroatoms. The van der Waals surface area contributed by atoms with Crippen molar-refractivity contribution in [3.8, 4) is 0 Å². The van der Waals surface area contributed by atoms with Gasteiger partial charge in [0.05, 0.1) is 0 Å². The number of ketones is 1. The number of rotatable bonds is 4. The van der Waals surface area contributed by atoms with E-state index in [0.29, 0.717) is 32.5 Å². The molecule has 0 aromatic heterocycles. The predicted molar refractivity (Wildman–Crippen MR) is 64.9 cm³/mol. The van der Waals surface area contributed by atoms with Crippen LogP contribution < -0.4 is 0 Å². The van der Waals surface area contributed by atoms with Gasteiger partial charge >= 0.3 is 0 Å². The summed E-state index contributed by atoms with van der Waals surface area (Å²) < 4.78 is 10.8. The van der Waals surface area contributed by atoms with Crippen LogP contribution in [0.1, 0.15) is 18.4 Å². The van der Waals surface area contributed by atoms with E-state index in [1.807, 2.05) is 30.3 Å². The van der Waals surface area contributed by atoms with Crippen molar-refractivity contribution in [1.82, 2.24) is 0 Å². The van der Waals surface area contributed by atoms with E-state index in [1.54, 1.807) is 7.11 Å². The number of Topliss-reactive ketones (excluding diaryl/α,β-unsaturated/α-hetero) is 1. The Morgan fingerprint density at radius 3 is 2.53 bits per heavy atom. The highest BCUT2D eigenvalue weighted by molar-refractivity contribution is 5.89. The standard InChI is InChI=1S/C14H18O3/c1-16-14(7-9-17-10-8-14)13(15)11-12-5-3-2-4-6-12/h2-6H,7-11H2,1H3. The Bertz CT molecular complexity index is 366. The zero-order valence-corrected chi connectivity index (χ0v) is 10.1. The highest BCUT2D eigenvalue weighted by Crippen LogP contribution is 2.26. The summed E-state index contributed by atoms with van der Waals surface area (Å²) in [4.78, 5) is 12.3. The lowest BCUT2D eigenvalue weighted by molar-refractivity contribution is -0.151. The largest absolute Gasteiger partial charge is 0.381 e. The van der Waals surface area contributed by atoms with Crippen molar-refractivity contribution in [2.45, 2.75) is 24.9 Å². The lowest BCUT2D eigenvalue weighted by Gasteiger charge is -2.34. The van der Waals surface area contributed by atoms with E-state index < -0.39 is 5.60 Å². The van der Waals surface area contributed by atoms with Crippen molar-refractivity contribution in [1.29, 1.82) is 0 Å². The third kappa shape index (κ3) is 2.73. The van der Waals surface area contributed by atoms with Gasteiger partial charge in [-0.3, -0.25) is 4.79 Å². The highest BCUT2D eigenvalue weighted by atomic mass is 16.5. The van der Waals surface area contributed by atoms with Gasteiger partial charge in [-0.25, -0.2) is 0 Å². The van der Waals surface area contributed by atoms with Gasteiger partial charge in [0.25, 0.3) is 0 Å². The second-order valence-corrected chi connectivity index (χ2v) is 4.40. The van der Waals surface area contributed by atoms with E-state index in [4.69, 9.17) is 9.47 Å². The zero-order valence-electron chi connectivity index (χ0n) is 10.1. The van der Waals surface area contributed by atoms with Gasteiger partial charge in [0.15, 0.2) is 5.78 Å². The molecule has 1 saturated heterocycles. The molecule has 1 aliphatic rings. The molecule has 17 heavy (non-hydrogen) atoms. The monoisotopic (exact) mass is 234 g/mol. The van der Waals surface area contributed by atoms with E-state index in [2.05, 4.69) is 0 Å². The van der Waals surface area contributed by atoms with Gasteiger partial charge in [-0.15, -0.1) is 0 Å². The van der Waals surface area contributed by atoms with E-state index >= 15 is 0 Å². The van der Waals surface area contributed by atoms with Crippen LogP contribution in [0.15, 0.2) is 30.3 Å². The molecule has 0 bridgehead atoms. The van der Waals surface area contributed by atoms with E-state index in [0.717, 1.165) is 5.56 Å². The molecular weight excluding hydrogens is 216 g/mol. The summed E-state index contributed by atoms with van der Waals surface area (Å²) in [5.74, 6) is 0.162. The molecule has 1 aliphatic heterocycles. The highest BCUT2D eigenvalue weighted by Gasteiger charge is 2.39. The van der Waals surface area contributed by atoms with Gasteiger partial charge in [-0.2, -0.15) is 0 Å². The summed E-state index contributed by atoms with van der Waals surface area (Å²) in [6.07, 6.45) is 1.76. The first-order valence-electron chi connectivity index (χ1n) is 5.97. The van der Waals surface area contributed by atoms with Gasteiger partial charge < -0.3 is 9.47 Å². The molecule has 1 fully saturated rings. The number of carbonyl (C=O) groups is 1. The molecular formula is C14H18O3. The predicted octanol–water partition coefficient (Wildman–Crippen LogP) is 1.99. The summed E-state index contributed by atoms with van der Waals surface area (Å²) >= 11 is 0. The van der Waals surface area contributed by atoms with E-state index in [1.165, 1.54) is 0 Å². The number of hydrogen-bond donors (Lipinski definition) is 0. The molecule has 92 valence electrons. The molecule has 0 amide bonds. The van der Waals surface area contributed by atoms with Crippen molar-refractivity contribution in [3.63, 3.8) is 0 Å². The fraction of sp³-hybridized carbons (Fsp3) is 0.500. The minimum absolute atomic E-state index is 0.162. The molecule has 1 aromatic carbocycles. The van der Waals surface area contributed by atoms with Crippen LogP contribution in [-0.2, 0) is 20.7 Å². The maximum absolute atomic E-state index is 12.3. The first-order chi connectivity index (χ1) is 8.27. The van der Waals surface area contributed by atoms with Gasteiger partial charge in [0, 0.05) is 39.6 Å². The molecule has 0 spiro atoms. The number of benzene rings is 1. The van der Waals surface area contributed by atoms with Crippen LogP contribution in [0.25, 0.3) is 0 Å². The molecule has 0 saturated carbocycles. The summed E-state index contributed by atoms with van der Waals surface area (Å²) in [6.45, 7) is 1.21. The Morgan fingerprint density at radius 1 is 1.29 bits per heavy atom. The molecule has 2 rings (SSSR count). The minimum atomic E-state index is -0.631. The topological polar surface area (TPSA) is 35.5 Å². The van der Waals surface area contributed by atoms with Crippen LogP contribution in [0.5, 0.6) is 0 Å². The van der Waals surface area contributed by atoms with Crippen molar-refractivity contribution < 1.29 is 14.3 Å². The zero-order chi connectivity index (χ0) is 12.1. The number of ether oxygens (including phenoxy) is 2. The lowest BCUT2D eigenvalue weighted by Crippen LogP contribution is -2.46. The van der Waals surface area contributed by atoms with E-state index in [-0.39, 0.29) is 5.78 Å². The van der Waals surface area contributed by atoms with Crippen LogP contribution in [0.3, 0.4) is 0 Å². The van der Waals surface area contributed by atoms with Crippen molar-refractivity contribution >= 4 is 5.78 Å². The third-order valence-corrected chi connectivity index (χ3v) is 3.41. The van der Waals surface area contributed by atoms with Gasteiger partial charge in [-0.05, 0) is 5.56 Å². The van der Waals surface area contributed by atoms with Crippen LogP contribution in [0.4, 0.5) is 0 Å². The second kappa shape index (κ2) is 5.43. The Labute approximate surface area is 102 Å². The number of hydrogen-bond acceptors (Lipinski definition) is 3. The Kier molecular flexibility index (Phi) is 3.92. The van der Waals surface area contributed by atoms with Crippen LogP contribution in [0.2, 0.25) is 0 Å². The summed E-state index contributed by atoms with van der Waals surface area (Å²) in [6, 6.07) is 9.80.